The lowest BCUT2D eigenvalue weighted by atomic mass is 10.2. The Kier molecular flexibility index (Phi) is 3.16. The zero-order valence-corrected chi connectivity index (χ0v) is 12.5. The maximum atomic E-state index is 6.17. The van der Waals surface area contributed by atoms with Crippen LogP contribution < -0.4 is 10.6 Å². The van der Waals surface area contributed by atoms with Gasteiger partial charge in [-0.1, -0.05) is 0 Å². The summed E-state index contributed by atoms with van der Waals surface area (Å²) in [5.74, 6) is 0. The summed E-state index contributed by atoms with van der Waals surface area (Å²) in [5.41, 5.74) is 10.4. The normalized spacial score (nSPS) is 11.1. The quantitative estimate of drug-likeness (QED) is 0.744. The van der Waals surface area contributed by atoms with E-state index in [-0.39, 0.29) is 0 Å². The summed E-state index contributed by atoms with van der Waals surface area (Å²) in [7, 11) is 2.06. The highest BCUT2D eigenvalue weighted by Crippen LogP contribution is 2.32. The van der Waals surface area contributed by atoms with Crippen LogP contribution in [0.15, 0.2) is 29.0 Å². The Bertz CT molecular complexity index is 701. The predicted molar refractivity (Wildman–Crippen MR) is 85.2 cm³/mol. The van der Waals surface area contributed by atoms with E-state index in [4.69, 9.17) is 5.73 Å². The summed E-state index contributed by atoms with van der Waals surface area (Å²) in [6.07, 6.45) is 0. The van der Waals surface area contributed by atoms with E-state index in [0.717, 1.165) is 33.1 Å². The van der Waals surface area contributed by atoms with Gasteiger partial charge in [-0.3, -0.25) is 0 Å². The van der Waals surface area contributed by atoms with E-state index in [1.54, 1.807) is 22.7 Å². The summed E-state index contributed by atoms with van der Waals surface area (Å²) in [6.45, 7) is 2.89. The van der Waals surface area contributed by atoms with Crippen molar-refractivity contribution in [2.45, 2.75) is 13.5 Å². The molecule has 0 radical (unpaired) electrons. The smallest absolute Gasteiger partial charge is 0.0907 e. The SMILES string of the molecule is Cc1nc2cc(N(C)Cc3ccsc3)c(N)cc2s1. The van der Waals surface area contributed by atoms with E-state index in [9.17, 15) is 0 Å². The van der Waals surface area contributed by atoms with Crippen molar-refractivity contribution in [3.63, 3.8) is 0 Å². The molecular weight excluding hydrogens is 274 g/mol. The standard InChI is InChI=1S/C14H15N3S2/c1-9-16-12-6-13(11(15)5-14(12)19-9)17(2)7-10-3-4-18-8-10/h3-6,8H,7,15H2,1-2H3. The number of benzene rings is 1. The minimum atomic E-state index is 0.814. The molecule has 0 aliphatic heterocycles. The van der Waals surface area contributed by atoms with Crippen LogP contribution in [0.5, 0.6) is 0 Å². The van der Waals surface area contributed by atoms with Crippen LogP contribution in [0.1, 0.15) is 10.6 Å². The monoisotopic (exact) mass is 289 g/mol. The molecule has 3 nitrogen and oxygen atoms in total. The topological polar surface area (TPSA) is 42.2 Å². The second kappa shape index (κ2) is 4.83. The third-order valence-electron chi connectivity index (χ3n) is 3.05. The number of anilines is 2. The lowest BCUT2D eigenvalue weighted by Crippen LogP contribution is -2.17. The molecule has 0 atom stereocenters. The molecule has 0 aliphatic carbocycles. The lowest BCUT2D eigenvalue weighted by Gasteiger charge is -2.20. The number of hydrogen-bond donors (Lipinski definition) is 1. The molecule has 3 aromatic rings. The van der Waals surface area contributed by atoms with Gasteiger partial charge in [0.25, 0.3) is 0 Å². The Morgan fingerprint density at radius 1 is 1.37 bits per heavy atom. The maximum Gasteiger partial charge on any atom is 0.0907 e. The molecule has 19 heavy (non-hydrogen) atoms. The van der Waals surface area contributed by atoms with Crippen LogP contribution in [0.3, 0.4) is 0 Å². The van der Waals surface area contributed by atoms with Gasteiger partial charge in [0.05, 0.1) is 26.6 Å². The number of thiazole rings is 1. The largest absolute Gasteiger partial charge is 0.397 e. The molecule has 2 aromatic heterocycles. The van der Waals surface area contributed by atoms with Gasteiger partial charge < -0.3 is 10.6 Å². The average Bonchev–Trinajstić information content (AvgIpc) is 2.96. The minimum Gasteiger partial charge on any atom is -0.397 e. The fourth-order valence-electron chi connectivity index (χ4n) is 2.17. The molecule has 0 aliphatic rings. The Morgan fingerprint density at radius 2 is 2.21 bits per heavy atom. The molecule has 2 heterocycles. The number of rotatable bonds is 3. The predicted octanol–water partition coefficient (Wildman–Crippen LogP) is 3.88. The van der Waals surface area contributed by atoms with Crippen LogP contribution in [0.2, 0.25) is 0 Å². The first-order valence-corrected chi connectivity index (χ1v) is 7.78. The average molecular weight is 289 g/mol. The van der Waals surface area contributed by atoms with E-state index in [0.29, 0.717) is 0 Å². The molecule has 0 fully saturated rings. The van der Waals surface area contributed by atoms with Crippen molar-refractivity contribution < 1.29 is 0 Å². The molecule has 1 aromatic carbocycles. The van der Waals surface area contributed by atoms with Crippen LogP contribution in [0.4, 0.5) is 11.4 Å². The zero-order chi connectivity index (χ0) is 13.4. The number of hydrogen-bond acceptors (Lipinski definition) is 5. The first-order chi connectivity index (χ1) is 9.13. The van der Waals surface area contributed by atoms with Crippen LogP contribution in [0, 0.1) is 6.92 Å². The second-order valence-electron chi connectivity index (χ2n) is 4.60. The fraction of sp³-hybridized carbons (Fsp3) is 0.214. The van der Waals surface area contributed by atoms with Gasteiger partial charge >= 0.3 is 0 Å². The number of nitrogens with zero attached hydrogens (tertiary/aromatic N) is 2. The molecule has 0 unspecified atom stereocenters. The third kappa shape index (κ3) is 2.43. The summed E-state index contributed by atoms with van der Waals surface area (Å²) < 4.78 is 1.16. The van der Waals surface area contributed by atoms with E-state index in [1.165, 1.54) is 5.56 Å². The molecule has 0 saturated carbocycles. The summed E-state index contributed by atoms with van der Waals surface area (Å²) in [4.78, 5) is 6.70. The van der Waals surface area contributed by atoms with Crippen molar-refractivity contribution in [2.24, 2.45) is 0 Å². The number of aromatic nitrogens is 1. The van der Waals surface area contributed by atoms with E-state index in [1.807, 2.05) is 13.0 Å². The summed E-state index contributed by atoms with van der Waals surface area (Å²) >= 11 is 3.40. The molecule has 0 spiro atoms. The maximum absolute atomic E-state index is 6.17. The van der Waals surface area contributed by atoms with Crippen molar-refractivity contribution in [3.8, 4) is 0 Å². The number of nitrogen functional groups attached to an aromatic ring is 1. The number of thiophene rings is 1. The van der Waals surface area contributed by atoms with Crippen molar-refractivity contribution in [2.75, 3.05) is 17.7 Å². The van der Waals surface area contributed by atoms with Gasteiger partial charge in [0, 0.05) is 13.6 Å². The van der Waals surface area contributed by atoms with Crippen molar-refractivity contribution >= 4 is 44.3 Å². The molecular formula is C14H15N3S2. The minimum absolute atomic E-state index is 0.814. The van der Waals surface area contributed by atoms with Gasteiger partial charge in [0.15, 0.2) is 0 Å². The van der Waals surface area contributed by atoms with Gasteiger partial charge in [-0.2, -0.15) is 11.3 Å². The molecule has 0 saturated heterocycles. The van der Waals surface area contributed by atoms with Gasteiger partial charge in [-0.25, -0.2) is 4.98 Å². The van der Waals surface area contributed by atoms with E-state index < -0.39 is 0 Å². The third-order valence-corrected chi connectivity index (χ3v) is 4.72. The Hall–Kier alpha value is -1.59. The van der Waals surface area contributed by atoms with Gasteiger partial charge in [-0.15, -0.1) is 11.3 Å². The van der Waals surface area contributed by atoms with Crippen molar-refractivity contribution in [1.82, 2.24) is 4.98 Å². The Morgan fingerprint density at radius 3 is 2.95 bits per heavy atom. The molecule has 0 bridgehead atoms. The number of fused-ring (bicyclic) bond motifs is 1. The van der Waals surface area contributed by atoms with Gasteiger partial charge in [-0.05, 0) is 41.4 Å². The first-order valence-electron chi connectivity index (χ1n) is 6.02. The first kappa shape index (κ1) is 12.4. The fourth-order valence-corrected chi connectivity index (χ4v) is 3.68. The lowest BCUT2D eigenvalue weighted by molar-refractivity contribution is 0.930. The molecule has 5 heteroatoms. The van der Waals surface area contributed by atoms with Crippen LogP contribution in [-0.2, 0) is 6.54 Å². The molecule has 98 valence electrons. The van der Waals surface area contributed by atoms with Crippen molar-refractivity contribution in [1.29, 1.82) is 0 Å². The Balaban J connectivity index is 1.96. The van der Waals surface area contributed by atoms with E-state index in [2.05, 4.69) is 39.8 Å². The molecule has 0 amide bonds. The summed E-state index contributed by atoms with van der Waals surface area (Å²) in [6, 6.07) is 6.25. The molecule has 3 rings (SSSR count). The highest BCUT2D eigenvalue weighted by molar-refractivity contribution is 7.18. The van der Waals surface area contributed by atoms with Gasteiger partial charge in [0.2, 0.25) is 0 Å². The van der Waals surface area contributed by atoms with Crippen LogP contribution >= 0.6 is 22.7 Å². The summed E-state index contributed by atoms with van der Waals surface area (Å²) in [5, 5.41) is 5.34. The van der Waals surface area contributed by atoms with Crippen molar-refractivity contribution in [3.05, 3.63) is 39.5 Å². The highest BCUT2D eigenvalue weighted by atomic mass is 32.1. The van der Waals surface area contributed by atoms with E-state index >= 15 is 0 Å². The van der Waals surface area contributed by atoms with Gasteiger partial charge in [0.1, 0.15) is 0 Å². The molecule has 2 N–H and O–H groups in total. The number of aryl methyl sites for hydroxylation is 1. The van der Waals surface area contributed by atoms with Crippen LogP contribution in [0.25, 0.3) is 10.2 Å². The Labute approximate surface area is 120 Å². The zero-order valence-electron chi connectivity index (χ0n) is 10.9. The highest BCUT2D eigenvalue weighted by Gasteiger charge is 2.10. The number of nitrogens with two attached hydrogens (primary N) is 1. The second-order valence-corrected chi connectivity index (χ2v) is 6.61. The van der Waals surface area contributed by atoms with Crippen LogP contribution in [-0.4, -0.2) is 12.0 Å².